The Morgan fingerprint density at radius 2 is 1.81 bits per heavy atom. The lowest BCUT2D eigenvalue weighted by Crippen LogP contribution is -2.42. The monoisotopic (exact) mass is 487 g/mol. The molecule has 3 aromatic carbocycles. The molecule has 0 N–H and O–H groups in total. The van der Waals surface area contributed by atoms with E-state index in [4.69, 9.17) is 18.6 Å². The molecule has 1 fully saturated rings. The fourth-order valence-electron chi connectivity index (χ4n) is 4.54. The molecule has 0 saturated carbocycles. The molecule has 8 nitrogen and oxygen atoms in total. The van der Waals surface area contributed by atoms with Crippen molar-refractivity contribution in [2.45, 2.75) is 32.4 Å². The summed E-state index contributed by atoms with van der Waals surface area (Å²) < 4.78 is 21.9. The molecule has 1 saturated heterocycles. The number of carbonyl (C=O) groups excluding carboxylic acids is 2. The molecule has 4 aromatic rings. The summed E-state index contributed by atoms with van der Waals surface area (Å²) in [6.07, 6.45) is 0.593. The molecule has 0 bridgehead atoms. The van der Waals surface area contributed by atoms with E-state index in [0.717, 1.165) is 10.9 Å². The number of aryl methyl sites for hydroxylation is 1. The molecular formula is C28H25NO7. The van der Waals surface area contributed by atoms with Gasteiger partial charge in [0, 0.05) is 22.9 Å². The van der Waals surface area contributed by atoms with Crippen LogP contribution in [0, 0.1) is 6.92 Å². The molecule has 0 spiro atoms. The summed E-state index contributed by atoms with van der Waals surface area (Å²) in [5, 5.41) is 1.84. The van der Waals surface area contributed by atoms with Crippen LogP contribution in [0.2, 0.25) is 0 Å². The first-order chi connectivity index (χ1) is 17.5. The molecule has 1 amide bonds. The summed E-state index contributed by atoms with van der Waals surface area (Å²) in [5.41, 5.74) is 1.22. The zero-order chi connectivity index (χ0) is 25.2. The van der Waals surface area contributed by atoms with Crippen molar-refractivity contribution in [3.63, 3.8) is 0 Å². The van der Waals surface area contributed by atoms with Crippen molar-refractivity contribution in [2.75, 3.05) is 13.7 Å². The van der Waals surface area contributed by atoms with Gasteiger partial charge in [-0.2, -0.15) is 0 Å². The topological polar surface area (TPSA) is 95.3 Å². The van der Waals surface area contributed by atoms with E-state index in [1.54, 1.807) is 37.3 Å². The van der Waals surface area contributed by atoms with E-state index in [9.17, 15) is 14.4 Å². The number of hydrogen-bond donors (Lipinski definition) is 0. The number of nitrogens with zero attached hydrogens (tertiary/aromatic N) is 1. The van der Waals surface area contributed by atoms with Crippen LogP contribution in [0.3, 0.4) is 0 Å². The average molecular weight is 488 g/mol. The van der Waals surface area contributed by atoms with Crippen LogP contribution in [-0.4, -0.2) is 36.7 Å². The minimum Gasteiger partial charge on any atom is -0.497 e. The number of amides is 1. The van der Waals surface area contributed by atoms with E-state index >= 15 is 0 Å². The Balaban J connectivity index is 1.36. The molecule has 184 valence electrons. The van der Waals surface area contributed by atoms with Crippen LogP contribution in [0.15, 0.2) is 69.9 Å². The Hall–Kier alpha value is -4.33. The molecule has 5 rings (SSSR count). The number of fused-ring (bicyclic) bond motifs is 3. The standard InChI is InChI=1S/C28H25NO7/c1-17-24(13-12-21-20-11-10-19(33-2)15-22(20)26(30)36-25(17)21)35-27(31)23-9-6-14-29(23)28(32)34-16-18-7-4-3-5-8-18/h3-5,7-8,10-13,15,23H,6,9,14,16H2,1-2H3/t23-/m0/s1. The van der Waals surface area contributed by atoms with Crippen molar-refractivity contribution in [3.05, 3.63) is 82.2 Å². The van der Waals surface area contributed by atoms with Crippen molar-refractivity contribution in [1.29, 1.82) is 0 Å². The smallest absolute Gasteiger partial charge is 0.410 e. The van der Waals surface area contributed by atoms with E-state index in [1.165, 1.54) is 12.0 Å². The van der Waals surface area contributed by atoms with Gasteiger partial charge in [-0.25, -0.2) is 14.4 Å². The summed E-state index contributed by atoms with van der Waals surface area (Å²) in [6.45, 7) is 2.26. The van der Waals surface area contributed by atoms with Crippen molar-refractivity contribution >= 4 is 33.8 Å². The number of hydrogen-bond acceptors (Lipinski definition) is 7. The predicted octanol–water partition coefficient (Wildman–Crippen LogP) is 4.97. The highest BCUT2D eigenvalue weighted by atomic mass is 16.6. The molecule has 0 unspecified atom stereocenters. The lowest BCUT2D eigenvalue weighted by Gasteiger charge is -2.23. The minimum absolute atomic E-state index is 0.126. The molecule has 1 aromatic heterocycles. The SMILES string of the molecule is COc1ccc2c(c1)c(=O)oc1c(C)c(OC(=O)[C@@H]3CCCN3C(=O)OCc3ccccc3)ccc12. The number of rotatable bonds is 5. The second-order valence-corrected chi connectivity index (χ2v) is 8.68. The molecule has 36 heavy (non-hydrogen) atoms. The Morgan fingerprint density at radius 1 is 1.03 bits per heavy atom. The third-order valence-electron chi connectivity index (χ3n) is 6.46. The van der Waals surface area contributed by atoms with Gasteiger partial charge in [0.1, 0.15) is 29.7 Å². The third kappa shape index (κ3) is 4.37. The van der Waals surface area contributed by atoms with Gasteiger partial charge in [-0.3, -0.25) is 4.90 Å². The van der Waals surface area contributed by atoms with Crippen LogP contribution in [-0.2, 0) is 16.1 Å². The summed E-state index contributed by atoms with van der Waals surface area (Å²) in [7, 11) is 1.53. The second kappa shape index (κ2) is 9.73. The van der Waals surface area contributed by atoms with Gasteiger partial charge in [0.05, 0.1) is 12.5 Å². The quantitative estimate of drug-likeness (QED) is 0.170. The number of benzene rings is 3. The molecule has 1 atom stereocenters. The molecule has 0 radical (unpaired) electrons. The number of ether oxygens (including phenoxy) is 3. The predicted molar refractivity (Wildman–Crippen MR) is 133 cm³/mol. The van der Waals surface area contributed by atoms with Crippen LogP contribution < -0.4 is 15.1 Å². The Bertz CT molecular complexity index is 1510. The van der Waals surface area contributed by atoms with Crippen LogP contribution in [0.1, 0.15) is 24.0 Å². The Morgan fingerprint density at radius 3 is 2.58 bits per heavy atom. The summed E-state index contributed by atoms with van der Waals surface area (Å²) in [5.74, 6) is 0.271. The van der Waals surface area contributed by atoms with Gasteiger partial charge in [-0.1, -0.05) is 30.3 Å². The maximum Gasteiger partial charge on any atom is 0.410 e. The van der Waals surface area contributed by atoms with Gasteiger partial charge >= 0.3 is 17.7 Å². The Kier molecular flexibility index (Phi) is 6.33. The number of likely N-dealkylation sites (tertiary alicyclic amines) is 1. The van der Waals surface area contributed by atoms with E-state index < -0.39 is 23.7 Å². The second-order valence-electron chi connectivity index (χ2n) is 8.68. The molecule has 2 heterocycles. The van der Waals surface area contributed by atoms with E-state index in [0.29, 0.717) is 47.1 Å². The molecule has 0 aliphatic carbocycles. The number of carbonyl (C=O) groups is 2. The first-order valence-electron chi connectivity index (χ1n) is 11.7. The van der Waals surface area contributed by atoms with Crippen LogP contribution >= 0.6 is 0 Å². The van der Waals surface area contributed by atoms with E-state index in [1.807, 2.05) is 30.3 Å². The summed E-state index contributed by atoms with van der Waals surface area (Å²) in [4.78, 5) is 39.8. The largest absolute Gasteiger partial charge is 0.497 e. The maximum atomic E-state index is 13.1. The average Bonchev–Trinajstić information content (AvgIpc) is 3.40. The van der Waals surface area contributed by atoms with Crippen molar-refractivity contribution in [1.82, 2.24) is 4.90 Å². The first kappa shape index (κ1) is 23.4. The van der Waals surface area contributed by atoms with Crippen LogP contribution in [0.25, 0.3) is 21.7 Å². The normalized spacial score (nSPS) is 15.3. The Labute approximate surface area is 207 Å². The zero-order valence-electron chi connectivity index (χ0n) is 20.0. The van der Waals surface area contributed by atoms with Crippen molar-refractivity contribution in [3.8, 4) is 11.5 Å². The van der Waals surface area contributed by atoms with Crippen LogP contribution in [0.4, 0.5) is 4.79 Å². The highest BCUT2D eigenvalue weighted by Crippen LogP contribution is 2.33. The fraction of sp³-hybridized carbons (Fsp3) is 0.250. The van der Waals surface area contributed by atoms with Gasteiger partial charge in [0.2, 0.25) is 0 Å². The highest BCUT2D eigenvalue weighted by Gasteiger charge is 2.37. The number of esters is 1. The van der Waals surface area contributed by atoms with E-state index in [2.05, 4.69) is 0 Å². The van der Waals surface area contributed by atoms with Gasteiger partial charge < -0.3 is 18.6 Å². The third-order valence-corrected chi connectivity index (χ3v) is 6.46. The zero-order valence-corrected chi connectivity index (χ0v) is 20.0. The summed E-state index contributed by atoms with van der Waals surface area (Å²) in [6, 6.07) is 17.2. The minimum atomic E-state index is -0.751. The molecule has 8 heteroatoms. The van der Waals surface area contributed by atoms with E-state index in [-0.39, 0.29) is 12.4 Å². The van der Waals surface area contributed by atoms with Gasteiger partial charge in [-0.15, -0.1) is 0 Å². The number of methoxy groups -OCH3 is 1. The van der Waals surface area contributed by atoms with Crippen molar-refractivity contribution < 1.29 is 28.2 Å². The van der Waals surface area contributed by atoms with Gasteiger partial charge in [0.15, 0.2) is 0 Å². The van der Waals surface area contributed by atoms with Crippen molar-refractivity contribution in [2.24, 2.45) is 0 Å². The maximum absolute atomic E-state index is 13.1. The van der Waals surface area contributed by atoms with Gasteiger partial charge in [0.25, 0.3) is 0 Å². The molecular weight excluding hydrogens is 462 g/mol. The molecule has 1 aliphatic rings. The summed E-state index contributed by atoms with van der Waals surface area (Å²) >= 11 is 0. The molecule has 1 aliphatic heterocycles. The van der Waals surface area contributed by atoms with Crippen LogP contribution in [0.5, 0.6) is 11.5 Å². The lowest BCUT2D eigenvalue weighted by molar-refractivity contribution is -0.139. The fourth-order valence-corrected chi connectivity index (χ4v) is 4.54. The first-order valence-corrected chi connectivity index (χ1v) is 11.7. The van der Waals surface area contributed by atoms with Gasteiger partial charge in [-0.05, 0) is 55.7 Å². The lowest BCUT2D eigenvalue weighted by atomic mass is 10.0. The highest BCUT2D eigenvalue weighted by molar-refractivity contribution is 6.06.